The van der Waals surface area contributed by atoms with Crippen molar-refractivity contribution in [3.8, 4) is 0 Å². The smallest absolute Gasteiger partial charge is 0.365 e. The van der Waals surface area contributed by atoms with Crippen LogP contribution in [0.25, 0.3) is 0 Å². The monoisotopic (exact) mass is 295 g/mol. The van der Waals surface area contributed by atoms with E-state index in [1.165, 1.54) is 6.07 Å². The molecule has 0 aliphatic heterocycles. The van der Waals surface area contributed by atoms with Crippen LogP contribution in [0.1, 0.15) is 32.9 Å². The molecule has 0 aliphatic carbocycles. The molecular formula is C12H17ClF3N3. The number of halogens is 4. The summed E-state index contributed by atoms with van der Waals surface area (Å²) in [5.74, 6) is 0.779. The van der Waals surface area contributed by atoms with E-state index in [1.54, 1.807) is 0 Å². The lowest BCUT2D eigenvalue weighted by Crippen LogP contribution is -2.34. The van der Waals surface area contributed by atoms with Gasteiger partial charge in [-0.25, -0.2) is 0 Å². The van der Waals surface area contributed by atoms with Gasteiger partial charge in [-0.3, -0.25) is 0 Å². The summed E-state index contributed by atoms with van der Waals surface area (Å²) in [6, 6.07) is 2.20. The van der Waals surface area contributed by atoms with E-state index in [0.717, 1.165) is 6.07 Å². The Hall–Kier alpha value is -1.04. The lowest BCUT2D eigenvalue weighted by Gasteiger charge is -2.31. The summed E-state index contributed by atoms with van der Waals surface area (Å²) >= 11 is 5.73. The molecule has 1 aromatic rings. The van der Waals surface area contributed by atoms with Crippen molar-refractivity contribution >= 4 is 17.4 Å². The Labute approximate surface area is 115 Å². The molecule has 108 valence electrons. The number of aromatic nitrogens is 2. The summed E-state index contributed by atoms with van der Waals surface area (Å²) in [6.45, 7) is 6.07. The zero-order chi connectivity index (χ0) is 14.7. The van der Waals surface area contributed by atoms with Crippen LogP contribution >= 0.6 is 11.6 Å². The third kappa shape index (κ3) is 4.86. The van der Waals surface area contributed by atoms with Gasteiger partial charge in [0.1, 0.15) is 5.82 Å². The summed E-state index contributed by atoms with van der Waals surface area (Å²) < 4.78 is 37.1. The fourth-order valence-corrected chi connectivity index (χ4v) is 1.79. The van der Waals surface area contributed by atoms with Crippen LogP contribution in [0.3, 0.4) is 0 Å². The molecule has 1 N–H and O–H groups in total. The first-order valence-electron chi connectivity index (χ1n) is 5.88. The molecule has 1 atom stereocenters. The number of alkyl halides is 4. The summed E-state index contributed by atoms with van der Waals surface area (Å²) in [4.78, 5) is 0. The molecule has 19 heavy (non-hydrogen) atoms. The van der Waals surface area contributed by atoms with Gasteiger partial charge < -0.3 is 5.32 Å². The largest absolute Gasteiger partial charge is 0.435 e. The number of nitrogens with zero attached hydrogens (tertiary/aromatic N) is 2. The van der Waals surface area contributed by atoms with Crippen LogP contribution in [0, 0.1) is 5.41 Å². The maximum Gasteiger partial charge on any atom is 0.435 e. The maximum absolute atomic E-state index is 12.4. The Morgan fingerprint density at radius 3 is 2.21 bits per heavy atom. The van der Waals surface area contributed by atoms with Crippen molar-refractivity contribution in [3.63, 3.8) is 0 Å². The van der Waals surface area contributed by atoms with E-state index in [0.29, 0.717) is 18.1 Å². The lowest BCUT2D eigenvalue weighted by molar-refractivity contribution is -0.141. The molecule has 0 spiro atoms. The molecule has 0 aromatic carbocycles. The predicted octanol–water partition coefficient (Wildman–Crippen LogP) is 3.95. The first-order valence-corrected chi connectivity index (χ1v) is 6.41. The van der Waals surface area contributed by atoms with Gasteiger partial charge in [0.25, 0.3) is 0 Å². The molecule has 1 aromatic heterocycles. The van der Waals surface area contributed by atoms with E-state index >= 15 is 0 Å². The van der Waals surface area contributed by atoms with E-state index in [-0.39, 0.29) is 11.5 Å². The van der Waals surface area contributed by atoms with Crippen LogP contribution in [0.15, 0.2) is 12.1 Å². The highest BCUT2D eigenvalue weighted by Crippen LogP contribution is 2.28. The minimum absolute atomic E-state index is 0.0102. The van der Waals surface area contributed by atoms with Gasteiger partial charge in [0, 0.05) is 11.9 Å². The molecule has 1 unspecified atom stereocenters. The summed E-state index contributed by atoms with van der Waals surface area (Å²) in [6.07, 6.45) is -3.78. The molecule has 3 nitrogen and oxygen atoms in total. The Kier molecular flexibility index (Phi) is 5.01. The molecule has 1 heterocycles. The molecule has 0 saturated heterocycles. The fraction of sp³-hybridized carbons (Fsp3) is 0.667. The number of anilines is 1. The van der Waals surface area contributed by atoms with Gasteiger partial charge in [0.15, 0.2) is 5.69 Å². The van der Waals surface area contributed by atoms with Crippen molar-refractivity contribution in [1.82, 2.24) is 10.2 Å². The highest BCUT2D eigenvalue weighted by atomic mass is 35.5. The second-order valence-corrected chi connectivity index (χ2v) is 5.72. The molecule has 1 rings (SSSR count). The molecule has 0 saturated carbocycles. The van der Waals surface area contributed by atoms with Gasteiger partial charge in [0.05, 0.1) is 0 Å². The SMILES string of the molecule is CC(C)(C)C(CCCl)Nc1ccc(C(F)(F)F)nn1. The van der Waals surface area contributed by atoms with Crippen LogP contribution in [-0.4, -0.2) is 22.1 Å². The number of rotatable bonds is 4. The highest BCUT2D eigenvalue weighted by molar-refractivity contribution is 6.17. The topological polar surface area (TPSA) is 37.8 Å². The van der Waals surface area contributed by atoms with Crippen molar-refractivity contribution in [2.75, 3.05) is 11.2 Å². The first kappa shape index (κ1) is 16.0. The molecular weight excluding hydrogens is 279 g/mol. The number of nitrogens with one attached hydrogen (secondary N) is 1. The van der Waals surface area contributed by atoms with Crippen LogP contribution in [-0.2, 0) is 6.18 Å². The minimum atomic E-state index is -4.47. The molecule has 0 amide bonds. The molecule has 7 heteroatoms. The van der Waals surface area contributed by atoms with Crippen LogP contribution < -0.4 is 5.32 Å². The zero-order valence-corrected chi connectivity index (χ0v) is 11.8. The Balaban J connectivity index is 2.81. The van der Waals surface area contributed by atoms with E-state index in [4.69, 9.17) is 11.6 Å². The maximum atomic E-state index is 12.4. The second kappa shape index (κ2) is 5.94. The first-order chi connectivity index (χ1) is 8.64. The highest BCUT2D eigenvalue weighted by Gasteiger charge is 2.33. The summed E-state index contributed by atoms with van der Waals surface area (Å²) in [5, 5.41) is 9.80. The van der Waals surface area contributed by atoms with Crippen LogP contribution in [0.5, 0.6) is 0 Å². The standard InChI is InChI=1S/C12H17ClF3N3/c1-11(2,3)8(6-7-13)17-10-5-4-9(18-19-10)12(14,15)16/h4-5,8H,6-7H2,1-3H3,(H,17,19). The molecule has 0 fully saturated rings. The molecule has 0 radical (unpaired) electrons. The Morgan fingerprint density at radius 2 is 1.84 bits per heavy atom. The van der Waals surface area contributed by atoms with Gasteiger partial charge in [-0.2, -0.15) is 13.2 Å². The molecule has 0 aliphatic rings. The Morgan fingerprint density at radius 1 is 1.21 bits per heavy atom. The van der Waals surface area contributed by atoms with Crippen molar-refractivity contribution in [2.24, 2.45) is 5.41 Å². The van der Waals surface area contributed by atoms with Gasteiger partial charge in [0.2, 0.25) is 0 Å². The Bertz CT molecular complexity index is 398. The van der Waals surface area contributed by atoms with Gasteiger partial charge in [-0.05, 0) is 24.0 Å². The number of hydrogen-bond acceptors (Lipinski definition) is 3. The average molecular weight is 296 g/mol. The van der Waals surface area contributed by atoms with Crippen molar-refractivity contribution in [1.29, 1.82) is 0 Å². The van der Waals surface area contributed by atoms with Gasteiger partial charge in [-0.15, -0.1) is 21.8 Å². The second-order valence-electron chi connectivity index (χ2n) is 5.34. The quantitative estimate of drug-likeness (QED) is 0.855. The zero-order valence-electron chi connectivity index (χ0n) is 11.1. The van der Waals surface area contributed by atoms with E-state index in [1.807, 2.05) is 20.8 Å². The van der Waals surface area contributed by atoms with E-state index in [9.17, 15) is 13.2 Å². The number of hydrogen-bond donors (Lipinski definition) is 1. The molecule has 0 bridgehead atoms. The minimum Gasteiger partial charge on any atom is -0.365 e. The van der Waals surface area contributed by atoms with Gasteiger partial charge in [-0.1, -0.05) is 20.8 Å². The summed E-state index contributed by atoms with van der Waals surface area (Å²) in [7, 11) is 0. The fourth-order valence-electron chi connectivity index (χ4n) is 1.57. The van der Waals surface area contributed by atoms with Crippen LogP contribution in [0.2, 0.25) is 0 Å². The van der Waals surface area contributed by atoms with Crippen molar-refractivity contribution in [3.05, 3.63) is 17.8 Å². The van der Waals surface area contributed by atoms with Crippen molar-refractivity contribution in [2.45, 2.75) is 39.4 Å². The average Bonchev–Trinajstić information content (AvgIpc) is 2.26. The van der Waals surface area contributed by atoms with Gasteiger partial charge >= 0.3 is 6.18 Å². The third-order valence-electron chi connectivity index (χ3n) is 2.72. The third-order valence-corrected chi connectivity index (χ3v) is 2.94. The van der Waals surface area contributed by atoms with E-state index < -0.39 is 11.9 Å². The lowest BCUT2D eigenvalue weighted by atomic mass is 9.85. The summed E-state index contributed by atoms with van der Waals surface area (Å²) in [5.41, 5.74) is -1.08. The van der Waals surface area contributed by atoms with Crippen LogP contribution in [0.4, 0.5) is 19.0 Å². The predicted molar refractivity (Wildman–Crippen MR) is 69.2 cm³/mol. The van der Waals surface area contributed by atoms with E-state index in [2.05, 4.69) is 15.5 Å². The van der Waals surface area contributed by atoms with Crippen molar-refractivity contribution < 1.29 is 13.2 Å². The normalized spacial score (nSPS) is 14.3.